The minimum atomic E-state index is -5.14. The van der Waals surface area contributed by atoms with Crippen LogP contribution in [-0.4, -0.2) is 60.4 Å². The van der Waals surface area contributed by atoms with Gasteiger partial charge in [0.25, 0.3) is 0 Å². The van der Waals surface area contributed by atoms with Crippen LogP contribution >= 0.6 is 47.4 Å². The fraction of sp³-hybridized carbons (Fsp3) is 0.625. The van der Waals surface area contributed by atoms with E-state index in [1.165, 1.54) is 96.3 Å². The van der Waals surface area contributed by atoms with Crippen LogP contribution in [0.15, 0.2) is 54.6 Å². The van der Waals surface area contributed by atoms with Gasteiger partial charge in [0.1, 0.15) is 5.75 Å². The first-order valence-electron chi connectivity index (χ1n) is 18.7. The van der Waals surface area contributed by atoms with Crippen molar-refractivity contribution >= 4 is 47.4 Å². The fourth-order valence-corrected chi connectivity index (χ4v) is 5.33. The highest BCUT2D eigenvalue weighted by atomic mass is 31.2. The lowest BCUT2D eigenvalue weighted by atomic mass is 10.0. The predicted octanol–water partition coefficient (Wildman–Crippen LogP) is 10.9. The van der Waals surface area contributed by atoms with Gasteiger partial charge in [-0.05, 0) is 29.7 Å². The number of halogens is 6. The Hall–Kier alpha value is -1.28. The van der Waals surface area contributed by atoms with Gasteiger partial charge >= 0.3 is 47.4 Å². The van der Waals surface area contributed by atoms with E-state index in [0.29, 0.717) is 18.6 Å². The summed E-state index contributed by atoms with van der Waals surface area (Å²) < 4.78 is 131. The summed E-state index contributed by atoms with van der Waals surface area (Å²) in [5, 5.41) is 0. The highest BCUT2D eigenvalue weighted by Crippen LogP contribution is 2.49. The van der Waals surface area contributed by atoms with Crippen LogP contribution in [-0.2, 0) is 38.3 Å². The Morgan fingerprint density at radius 2 is 0.730 bits per heavy atom. The lowest BCUT2D eigenvalue weighted by Crippen LogP contribution is -2.06. The van der Waals surface area contributed by atoms with Crippen molar-refractivity contribution in [3.05, 3.63) is 65.7 Å². The first-order valence-corrected chi connectivity index (χ1v) is 27.7. The number of rotatable bonds is 23. The maximum absolute atomic E-state index is 13.4. The second-order valence-corrected chi connectivity index (χ2v) is 18.7. The molecule has 0 radical (unpaired) electrons. The number of benzene rings is 2. The maximum Gasteiger partial charge on any atom is 0.511 e. The minimum absolute atomic E-state index is 0.300. The van der Waals surface area contributed by atoms with Crippen molar-refractivity contribution in [3.8, 4) is 5.75 Å². The van der Waals surface area contributed by atoms with Gasteiger partial charge in [-0.25, -0.2) is 27.4 Å². The molecule has 0 bridgehead atoms. The summed E-state index contributed by atoms with van der Waals surface area (Å²) in [6.45, 7) is 2.94. The monoisotopic (exact) mass is 1050 g/mol. The van der Waals surface area contributed by atoms with Crippen molar-refractivity contribution < 1.29 is 116 Å². The average molecular weight is 1050 g/mol. The van der Waals surface area contributed by atoms with Gasteiger partial charge in [0.2, 0.25) is 0 Å². The smallest absolute Gasteiger partial charge is 0.494 e. The van der Waals surface area contributed by atoms with Gasteiger partial charge in [0, 0.05) is 6.42 Å². The zero-order chi connectivity index (χ0) is 49.8. The van der Waals surface area contributed by atoms with Crippen LogP contribution in [0.3, 0.4) is 0 Å². The van der Waals surface area contributed by atoms with Crippen LogP contribution in [0.5, 0.6) is 5.75 Å². The highest BCUT2D eigenvalue weighted by molar-refractivity contribution is 7.47. The zero-order valence-corrected chi connectivity index (χ0v) is 39.5. The summed E-state index contributed by atoms with van der Waals surface area (Å²) in [5.74, 6) is 0.737. The Morgan fingerprint density at radius 3 is 1.02 bits per heavy atom. The molecule has 0 aromatic heterocycles. The molecule has 0 fully saturated rings. The third-order valence-electron chi connectivity index (χ3n) is 7.04. The summed E-state index contributed by atoms with van der Waals surface area (Å²) in [4.78, 5) is 78.8. The predicted molar refractivity (Wildman–Crippen MR) is 222 cm³/mol. The summed E-state index contributed by atoms with van der Waals surface area (Å²) in [6.07, 6.45) is 20.9. The molecule has 31 heteroatoms. The first kappa shape index (κ1) is 68.3. The maximum atomic E-state index is 13.4. The van der Waals surface area contributed by atoms with Crippen molar-refractivity contribution in [2.75, 3.05) is 6.61 Å². The third-order valence-corrected chi connectivity index (χ3v) is 7.55. The van der Waals surface area contributed by atoms with Crippen LogP contribution in [0.2, 0.25) is 0 Å². The second-order valence-electron chi connectivity index (χ2n) is 12.8. The molecule has 63 heavy (non-hydrogen) atoms. The molecule has 0 amide bonds. The molecule has 19 nitrogen and oxygen atoms in total. The molecule has 2 aromatic rings. The SMILES string of the molecule is CCCCCCCCCCCCCCCCCCOc1ccc(C(Cc2ccccc2)OP(=O)(O)F)cc1.O=P(O)(O)F.O=P(O)(O)F.O=P(O)(O)F.O=P(O)(O)F.O=P(O)(O)F. The van der Waals surface area contributed by atoms with Crippen LogP contribution in [0.25, 0.3) is 0 Å². The van der Waals surface area contributed by atoms with Gasteiger partial charge in [-0.3, -0.25) is 58.4 Å². The van der Waals surface area contributed by atoms with E-state index in [4.69, 9.17) is 85.9 Å². The lowest BCUT2D eigenvalue weighted by Gasteiger charge is -2.18. The largest absolute Gasteiger partial charge is 0.511 e. The quantitative estimate of drug-likeness (QED) is 0.0280. The van der Waals surface area contributed by atoms with Crippen molar-refractivity contribution in [2.24, 2.45) is 0 Å². The summed E-state index contributed by atoms with van der Waals surface area (Å²) in [5.41, 5.74) is 1.53. The molecule has 2 rings (SSSR count). The molecular weight excluding hydrogens is 988 g/mol. The molecule has 2 atom stereocenters. The van der Waals surface area contributed by atoms with E-state index in [9.17, 15) is 29.7 Å². The molecule has 2 aromatic carbocycles. The van der Waals surface area contributed by atoms with Gasteiger partial charge in [0.05, 0.1) is 12.7 Å². The number of unbranched alkanes of at least 4 members (excludes halogenated alkanes) is 15. The van der Waals surface area contributed by atoms with E-state index in [2.05, 4.69) is 6.92 Å². The number of hydrogen-bond donors (Lipinski definition) is 11. The Kier molecular flexibility index (Phi) is 40.9. The molecule has 0 aliphatic rings. The fourth-order valence-electron chi connectivity index (χ4n) is 4.82. The first-order chi connectivity index (χ1) is 28.5. The molecule has 0 aliphatic carbocycles. The van der Waals surface area contributed by atoms with Gasteiger partial charge in [-0.1, -0.05) is 146 Å². The average Bonchev–Trinajstić information content (AvgIpc) is 3.06. The second kappa shape index (κ2) is 37.8. The van der Waals surface area contributed by atoms with E-state index in [0.717, 1.165) is 17.7 Å². The van der Waals surface area contributed by atoms with E-state index in [-0.39, 0.29) is 0 Å². The van der Waals surface area contributed by atoms with E-state index in [1.807, 2.05) is 42.5 Å². The van der Waals surface area contributed by atoms with Crippen molar-refractivity contribution in [3.63, 3.8) is 0 Å². The van der Waals surface area contributed by atoms with Crippen LogP contribution in [0, 0.1) is 0 Å². The van der Waals surface area contributed by atoms with Crippen LogP contribution in [0.4, 0.5) is 25.2 Å². The Labute approximate surface area is 362 Å². The third kappa shape index (κ3) is 88.2. The topological polar surface area (TPSA) is 343 Å². The van der Waals surface area contributed by atoms with Gasteiger partial charge in [-0.15, -0.1) is 25.2 Å². The minimum Gasteiger partial charge on any atom is -0.494 e. The molecule has 2 unspecified atom stereocenters. The summed E-state index contributed by atoms with van der Waals surface area (Å²) in [7, 11) is -30.8. The summed E-state index contributed by atoms with van der Waals surface area (Å²) >= 11 is 0. The normalized spacial score (nSPS) is 13.0. The molecule has 0 saturated carbocycles. The van der Waals surface area contributed by atoms with E-state index >= 15 is 0 Å². The number of ether oxygens (including phenoxy) is 1. The van der Waals surface area contributed by atoms with E-state index in [1.54, 1.807) is 12.1 Å². The Morgan fingerprint density at radius 1 is 0.444 bits per heavy atom. The van der Waals surface area contributed by atoms with Crippen LogP contribution in [0.1, 0.15) is 127 Å². The van der Waals surface area contributed by atoms with Gasteiger partial charge < -0.3 is 4.74 Å². The van der Waals surface area contributed by atoms with Crippen LogP contribution < -0.4 is 4.74 Å². The zero-order valence-electron chi connectivity index (χ0n) is 34.1. The molecule has 0 aliphatic heterocycles. The van der Waals surface area contributed by atoms with E-state index < -0.39 is 53.5 Å². The molecular formula is C32H60F6O19P6. The number of hydrogen-bond acceptors (Lipinski definition) is 8. The van der Waals surface area contributed by atoms with Gasteiger partial charge in [-0.2, -0.15) is 0 Å². The van der Waals surface area contributed by atoms with Crippen molar-refractivity contribution in [1.29, 1.82) is 0 Å². The standard InChI is InChI=1S/C32H50FO4P.5FH2O3P/c1-2-3-4-5-6-7-8-9-10-11-12-13-14-15-16-20-27-36-31-25-23-30(24-26-31)32(37-38(33,34)35)28-29-21-18-17-19-22-29;5*1-5(2,3)4/h17-19,21-26,32H,2-16,20,27-28H2,1H3,(H,34,35);5*(H2,2,3,4). The summed E-state index contributed by atoms with van der Waals surface area (Å²) in [6, 6.07) is 16.5. The molecule has 0 saturated heterocycles. The molecule has 0 spiro atoms. The highest BCUT2D eigenvalue weighted by Gasteiger charge is 2.26. The Bertz CT molecular complexity index is 1530. The Balaban J connectivity index is -0.000000562. The molecule has 0 heterocycles. The molecule has 374 valence electrons. The molecule has 11 N–H and O–H groups in total. The lowest BCUT2D eigenvalue weighted by molar-refractivity contribution is 0.153. The van der Waals surface area contributed by atoms with Gasteiger partial charge in [0.15, 0.2) is 0 Å². The van der Waals surface area contributed by atoms with Crippen molar-refractivity contribution in [1.82, 2.24) is 0 Å². The van der Waals surface area contributed by atoms with Crippen molar-refractivity contribution in [2.45, 2.75) is 122 Å².